The molecule has 0 saturated carbocycles. The molecule has 0 aliphatic carbocycles. The number of hydrogen-bond donors (Lipinski definition) is 1. The van der Waals surface area contributed by atoms with Gasteiger partial charge in [-0.15, -0.1) is 0 Å². The number of benzene rings is 3. The molecule has 0 unspecified atom stereocenters. The summed E-state index contributed by atoms with van der Waals surface area (Å²) in [4.78, 5) is 13.1. The van der Waals surface area contributed by atoms with Crippen LogP contribution in [-0.4, -0.2) is 31.8 Å². The molecule has 1 aliphatic rings. The first-order valence-corrected chi connectivity index (χ1v) is 12.5. The Morgan fingerprint density at radius 3 is 2.42 bits per heavy atom. The molecule has 3 aromatic carbocycles. The molecule has 0 aromatic heterocycles. The number of carbonyl (C=O) groups is 1. The fourth-order valence-corrected chi connectivity index (χ4v) is 5.77. The van der Waals surface area contributed by atoms with Crippen molar-refractivity contribution in [2.75, 3.05) is 18.5 Å². The van der Waals surface area contributed by atoms with Crippen molar-refractivity contribution in [2.24, 2.45) is 0 Å². The summed E-state index contributed by atoms with van der Waals surface area (Å²) in [6.07, 6.45) is 0.629. The molecule has 172 valence electrons. The largest absolute Gasteiger partial charge is 0.494 e. The predicted octanol–water partition coefficient (Wildman–Crippen LogP) is 4.71. The lowest BCUT2D eigenvalue weighted by Crippen LogP contribution is -2.41. The topological polar surface area (TPSA) is 75.7 Å². The third-order valence-corrected chi connectivity index (χ3v) is 7.74. The number of fused-ring (bicyclic) bond motifs is 1. The van der Waals surface area contributed by atoms with Crippen molar-refractivity contribution >= 4 is 21.6 Å². The summed E-state index contributed by atoms with van der Waals surface area (Å²) in [5.74, 6) is 0.391. The molecule has 4 rings (SSSR count). The fraction of sp³-hybridized carbons (Fsp3) is 0.269. The smallest absolute Gasteiger partial charge is 0.243 e. The van der Waals surface area contributed by atoms with Crippen LogP contribution < -0.4 is 10.1 Å². The molecular formula is C26H28N2O4S. The van der Waals surface area contributed by atoms with E-state index < -0.39 is 16.1 Å². The third-order valence-electron chi connectivity index (χ3n) is 5.82. The van der Waals surface area contributed by atoms with Gasteiger partial charge in [-0.25, -0.2) is 8.42 Å². The molecule has 1 aliphatic heterocycles. The molecule has 1 N–H and O–H groups in total. The molecule has 33 heavy (non-hydrogen) atoms. The van der Waals surface area contributed by atoms with Crippen LogP contribution in [0.3, 0.4) is 0 Å². The zero-order valence-corrected chi connectivity index (χ0v) is 19.6. The van der Waals surface area contributed by atoms with E-state index in [4.69, 9.17) is 4.74 Å². The number of aryl methyl sites for hydroxylation is 1. The second kappa shape index (κ2) is 9.77. The van der Waals surface area contributed by atoms with Gasteiger partial charge in [0.2, 0.25) is 15.9 Å². The lowest BCUT2D eigenvalue weighted by Gasteiger charge is -2.36. The maximum atomic E-state index is 13.6. The Morgan fingerprint density at radius 1 is 1.03 bits per heavy atom. The highest BCUT2D eigenvalue weighted by Crippen LogP contribution is 2.36. The van der Waals surface area contributed by atoms with E-state index in [0.29, 0.717) is 31.0 Å². The minimum absolute atomic E-state index is 0.0289. The summed E-state index contributed by atoms with van der Waals surface area (Å²) >= 11 is 0. The molecular weight excluding hydrogens is 436 g/mol. The van der Waals surface area contributed by atoms with Crippen molar-refractivity contribution in [3.05, 3.63) is 89.5 Å². The van der Waals surface area contributed by atoms with Crippen molar-refractivity contribution < 1.29 is 17.9 Å². The predicted molar refractivity (Wildman–Crippen MR) is 129 cm³/mol. The van der Waals surface area contributed by atoms with Gasteiger partial charge in [-0.1, -0.05) is 42.0 Å². The van der Waals surface area contributed by atoms with Crippen LogP contribution in [0.15, 0.2) is 77.7 Å². The number of carbonyl (C=O) groups excluding carboxylic acids is 1. The summed E-state index contributed by atoms with van der Waals surface area (Å²) in [7, 11) is -3.81. The van der Waals surface area contributed by atoms with Crippen LogP contribution in [0.25, 0.3) is 0 Å². The summed E-state index contributed by atoms with van der Waals surface area (Å²) in [6, 6.07) is 21.1. The van der Waals surface area contributed by atoms with Crippen molar-refractivity contribution in [3.63, 3.8) is 0 Å². The van der Waals surface area contributed by atoms with Crippen LogP contribution >= 0.6 is 0 Å². The molecule has 0 saturated heterocycles. The molecule has 1 amide bonds. The Hall–Kier alpha value is -3.16. The van der Waals surface area contributed by atoms with Gasteiger partial charge in [0.15, 0.2) is 0 Å². The van der Waals surface area contributed by atoms with Gasteiger partial charge >= 0.3 is 0 Å². The summed E-state index contributed by atoms with van der Waals surface area (Å²) in [5, 5.41) is 2.90. The van der Waals surface area contributed by atoms with Gasteiger partial charge in [0.05, 0.1) is 17.5 Å². The average Bonchev–Trinajstić information content (AvgIpc) is 2.81. The van der Waals surface area contributed by atoms with E-state index in [-0.39, 0.29) is 17.2 Å². The van der Waals surface area contributed by atoms with Crippen LogP contribution in [0.5, 0.6) is 5.75 Å². The van der Waals surface area contributed by atoms with Gasteiger partial charge in [0, 0.05) is 18.7 Å². The standard InChI is InChI=1S/C26H28N2O4S/c1-3-32-22-12-14-23(15-13-22)33(30,31)28-17-16-20-6-4-5-7-24(20)25(28)18-26(29)27-21-10-8-19(2)9-11-21/h4-15,25H,3,16-18H2,1-2H3,(H,27,29)/t25-/m0/s1. The lowest BCUT2D eigenvalue weighted by molar-refractivity contribution is -0.117. The molecule has 7 heteroatoms. The molecule has 6 nitrogen and oxygen atoms in total. The van der Waals surface area contributed by atoms with Crippen molar-refractivity contribution in [2.45, 2.75) is 37.6 Å². The Bertz CT molecular complexity index is 1220. The number of nitrogens with zero attached hydrogens (tertiary/aromatic N) is 1. The Balaban J connectivity index is 1.63. The number of nitrogens with one attached hydrogen (secondary N) is 1. The highest BCUT2D eigenvalue weighted by Gasteiger charge is 2.37. The Kier molecular flexibility index (Phi) is 6.81. The van der Waals surface area contributed by atoms with Gasteiger partial charge in [-0.3, -0.25) is 4.79 Å². The van der Waals surface area contributed by atoms with E-state index in [2.05, 4.69) is 5.32 Å². The van der Waals surface area contributed by atoms with Crippen molar-refractivity contribution in [1.29, 1.82) is 0 Å². The van der Waals surface area contributed by atoms with E-state index in [1.807, 2.05) is 62.4 Å². The summed E-state index contributed by atoms with van der Waals surface area (Å²) < 4.78 is 34.1. The molecule has 1 heterocycles. The number of hydrogen-bond acceptors (Lipinski definition) is 4. The molecule has 0 radical (unpaired) electrons. The zero-order chi connectivity index (χ0) is 23.4. The monoisotopic (exact) mass is 464 g/mol. The van der Waals surface area contributed by atoms with E-state index in [9.17, 15) is 13.2 Å². The van der Waals surface area contributed by atoms with Crippen LogP contribution in [-0.2, 0) is 21.2 Å². The number of ether oxygens (including phenoxy) is 1. The van der Waals surface area contributed by atoms with Gasteiger partial charge < -0.3 is 10.1 Å². The first-order valence-electron chi connectivity index (χ1n) is 11.1. The van der Waals surface area contributed by atoms with Gasteiger partial charge in [0.25, 0.3) is 0 Å². The first kappa shape index (κ1) is 23.0. The van der Waals surface area contributed by atoms with E-state index in [1.54, 1.807) is 24.3 Å². The van der Waals surface area contributed by atoms with Crippen LogP contribution in [0.4, 0.5) is 5.69 Å². The van der Waals surface area contributed by atoms with E-state index in [0.717, 1.165) is 16.7 Å². The van der Waals surface area contributed by atoms with Gasteiger partial charge in [0.1, 0.15) is 5.75 Å². The minimum Gasteiger partial charge on any atom is -0.494 e. The van der Waals surface area contributed by atoms with Crippen molar-refractivity contribution in [3.8, 4) is 5.75 Å². The van der Waals surface area contributed by atoms with Crippen LogP contribution in [0.1, 0.15) is 36.1 Å². The first-order chi connectivity index (χ1) is 15.9. The number of sulfonamides is 1. The molecule has 3 aromatic rings. The Morgan fingerprint density at radius 2 is 1.73 bits per heavy atom. The van der Waals surface area contributed by atoms with E-state index >= 15 is 0 Å². The zero-order valence-electron chi connectivity index (χ0n) is 18.8. The molecule has 0 bridgehead atoms. The van der Waals surface area contributed by atoms with E-state index in [1.165, 1.54) is 4.31 Å². The minimum atomic E-state index is -3.81. The maximum Gasteiger partial charge on any atom is 0.243 e. The summed E-state index contributed by atoms with van der Waals surface area (Å²) in [5.41, 5.74) is 3.73. The Labute approximate surface area is 195 Å². The van der Waals surface area contributed by atoms with Crippen molar-refractivity contribution in [1.82, 2.24) is 4.31 Å². The fourth-order valence-electron chi connectivity index (χ4n) is 4.16. The average molecular weight is 465 g/mol. The van der Waals surface area contributed by atoms with Gasteiger partial charge in [-0.2, -0.15) is 4.31 Å². The normalized spacial score (nSPS) is 16.1. The van der Waals surface area contributed by atoms with Crippen LogP contribution in [0, 0.1) is 6.92 Å². The molecule has 0 spiro atoms. The molecule has 1 atom stereocenters. The number of anilines is 1. The third kappa shape index (κ3) is 5.10. The van der Waals surface area contributed by atoms with Gasteiger partial charge in [-0.05, 0) is 67.8 Å². The van der Waals surface area contributed by atoms with Crippen LogP contribution in [0.2, 0.25) is 0 Å². The highest BCUT2D eigenvalue weighted by atomic mass is 32.2. The molecule has 0 fully saturated rings. The number of rotatable bonds is 7. The number of amides is 1. The maximum absolute atomic E-state index is 13.6. The second-order valence-electron chi connectivity index (χ2n) is 8.10. The second-order valence-corrected chi connectivity index (χ2v) is 9.99. The SMILES string of the molecule is CCOc1ccc(S(=O)(=O)N2CCc3ccccc3[C@@H]2CC(=O)Nc2ccc(C)cc2)cc1. The quantitative estimate of drug-likeness (QED) is 0.549. The lowest BCUT2D eigenvalue weighted by atomic mass is 9.92. The summed E-state index contributed by atoms with van der Waals surface area (Å²) in [6.45, 7) is 4.68. The highest BCUT2D eigenvalue weighted by molar-refractivity contribution is 7.89.